The maximum Gasteiger partial charge on any atom is 0.149 e. The zero-order chi connectivity index (χ0) is 11.0. The van der Waals surface area contributed by atoms with E-state index in [0.717, 1.165) is 23.0 Å². The number of hydrogen-bond acceptors (Lipinski definition) is 2. The Morgan fingerprint density at radius 2 is 2.25 bits per heavy atom. The molecule has 3 rings (SSSR count). The Kier molecular flexibility index (Phi) is 2.14. The molecule has 1 aromatic heterocycles. The second kappa shape index (κ2) is 3.52. The van der Waals surface area contributed by atoms with Gasteiger partial charge in [-0.3, -0.25) is 4.98 Å². The topological polar surface area (TPSA) is 24.9 Å². The average Bonchev–Trinajstić information content (AvgIpc) is 2.77. The Bertz CT molecular complexity index is 518. The summed E-state index contributed by atoms with van der Waals surface area (Å²) in [5.41, 5.74) is 0.388. The number of halogens is 1. The van der Waals surface area contributed by atoms with Gasteiger partial charge >= 0.3 is 0 Å². The van der Waals surface area contributed by atoms with Gasteiger partial charge in [-0.05, 0) is 30.7 Å². The molecule has 1 saturated heterocycles. The van der Waals surface area contributed by atoms with E-state index in [4.69, 9.17) is 0 Å². The van der Waals surface area contributed by atoms with Crippen LogP contribution in [0, 0.1) is 0 Å². The molecule has 3 heteroatoms. The highest BCUT2D eigenvalue weighted by molar-refractivity contribution is 5.79. The molecule has 0 bridgehead atoms. The van der Waals surface area contributed by atoms with Crippen LogP contribution in [0.3, 0.4) is 0 Å². The van der Waals surface area contributed by atoms with Gasteiger partial charge in [0.1, 0.15) is 5.67 Å². The summed E-state index contributed by atoms with van der Waals surface area (Å²) in [6.45, 7) is 1.15. The predicted octanol–water partition coefficient (Wildman–Crippen LogP) is 2.39. The Morgan fingerprint density at radius 3 is 3.06 bits per heavy atom. The second-order valence-corrected chi connectivity index (χ2v) is 4.30. The lowest BCUT2D eigenvalue weighted by Crippen LogP contribution is -2.23. The fourth-order valence-corrected chi connectivity index (χ4v) is 2.25. The maximum absolute atomic E-state index is 14.5. The Labute approximate surface area is 93.5 Å². The Morgan fingerprint density at radius 1 is 1.31 bits per heavy atom. The molecule has 0 radical (unpaired) electrons. The first kappa shape index (κ1) is 9.73. The molecule has 1 aromatic carbocycles. The van der Waals surface area contributed by atoms with Crippen molar-refractivity contribution in [2.24, 2.45) is 0 Å². The van der Waals surface area contributed by atoms with Crippen molar-refractivity contribution in [2.45, 2.75) is 12.1 Å². The largest absolute Gasteiger partial charge is 0.313 e. The smallest absolute Gasteiger partial charge is 0.149 e. The van der Waals surface area contributed by atoms with Crippen molar-refractivity contribution in [1.29, 1.82) is 0 Å². The number of nitrogens with one attached hydrogen (secondary N) is 1. The molecule has 2 nitrogen and oxygen atoms in total. The van der Waals surface area contributed by atoms with Crippen LogP contribution in [0.15, 0.2) is 36.5 Å². The fraction of sp³-hybridized carbons (Fsp3) is 0.308. The summed E-state index contributed by atoms with van der Waals surface area (Å²) < 4.78 is 14.5. The third-order valence-corrected chi connectivity index (χ3v) is 3.23. The van der Waals surface area contributed by atoms with E-state index >= 15 is 0 Å². The van der Waals surface area contributed by atoms with Gasteiger partial charge in [0.15, 0.2) is 0 Å². The van der Waals surface area contributed by atoms with Gasteiger partial charge in [-0.25, -0.2) is 4.39 Å². The highest BCUT2D eigenvalue weighted by atomic mass is 19.1. The Balaban J connectivity index is 2.11. The van der Waals surface area contributed by atoms with Gasteiger partial charge in [0.2, 0.25) is 0 Å². The van der Waals surface area contributed by atoms with Gasteiger partial charge in [0.25, 0.3) is 0 Å². The summed E-state index contributed by atoms with van der Waals surface area (Å²) in [6.07, 6.45) is 2.29. The molecule has 1 unspecified atom stereocenters. The number of fused-ring (bicyclic) bond motifs is 1. The van der Waals surface area contributed by atoms with E-state index in [1.165, 1.54) is 0 Å². The fourth-order valence-electron chi connectivity index (χ4n) is 2.25. The van der Waals surface area contributed by atoms with E-state index in [0.29, 0.717) is 13.0 Å². The first-order valence-corrected chi connectivity index (χ1v) is 5.53. The molecule has 1 aliphatic rings. The lowest BCUT2D eigenvalue weighted by atomic mass is 9.94. The molecule has 2 aromatic rings. The third-order valence-electron chi connectivity index (χ3n) is 3.23. The van der Waals surface area contributed by atoms with Gasteiger partial charge in [0.05, 0.1) is 5.52 Å². The maximum atomic E-state index is 14.5. The number of hydrogen-bond donors (Lipinski definition) is 1. The molecule has 1 atom stereocenters. The molecular weight excluding hydrogens is 203 g/mol. The van der Waals surface area contributed by atoms with Gasteiger partial charge in [-0.15, -0.1) is 0 Å². The molecule has 0 spiro atoms. The van der Waals surface area contributed by atoms with E-state index in [1.54, 1.807) is 6.20 Å². The molecule has 0 aliphatic carbocycles. The molecule has 1 N–H and O–H groups in total. The summed E-state index contributed by atoms with van der Waals surface area (Å²) in [6, 6.07) is 9.56. The third kappa shape index (κ3) is 1.48. The van der Waals surface area contributed by atoms with Crippen LogP contribution in [-0.2, 0) is 5.67 Å². The molecule has 16 heavy (non-hydrogen) atoms. The summed E-state index contributed by atoms with van der Waals surface area (Å²) in [7, 11) is 0. The predicted molar refractivity (Wildman–Crippen MR) is 62.0 cm³/mol. The van der Waals surface area contributed by atoms with Crippen molar-refractivity contribution in [1.82, 2.24) is 10.3 Å². The monoisotopic (exact) mass is 216 g/mol. The van der Waals surface area contributed by atoms with E-state index in [-0.39, 0.29) is 0 Å². The molecule has 1 fully saturated rings. The van der Waals surface area contributed by atoms with E-state index in [2.05, 4.69) is 10.3 Å². The van der Waals surface area contributed by atoms with Crippen molar-refractivity contribution in [3.63, 3.8) is 0 Å². The van der Waals surface area contributed by atoms with Gasteiger partial charge < -0.3 is 5.32 Å². The minimum Gasteiger partial charge on any atom is -0.313 e. The van der Waals surface area contributed by atoms with Gasteiger partial charge in [-0.1, -0.05) is 18.2 Å². The molecular formula is C13H13FN2. The summed E-state index contributed by atoms with van der Waals surface area (Å²) in [5, 5.41) is 4.12. The molecule has 0 saturated carbocycles. The lowest BCUT2D eigenvalue weighted by Gasteiger charge is -2.18. The first-order chi connectivity index (χ1) is 7.78. The van der Waals surface area contributed by atoms with E-state index in [9.17, 15) is 4.39 Å². The van der Waals surface area contributed by atoms with Gasteiger partial charge in [0, 0.05) is 18.1 Å². The number of pyridine rings is 1. The van der Waals surface area contributed by atoms with Crippen LogP contribution in [0.5, 0.6) is 0 Å². The zero-order valence-corrected chi connectivity index (χ0v) is 8.91. The van der Waals surface area contributed by atoms with Crippen LogP contribution in [0.1, 0.15) is 12.0 Å². The first-order valence-electron chi connectivity index (χ1n) is 5.53. The van der Waals surface area contributed by atoms with Crippen LogP contribution >= 0.6 is 0 Å². The van der Waals surface area contributed by atoms with Gasteiger partial charge in [-0.2, -0.15) is 0 Å². The Hall–Kier alpha value is -1.48. The van der Waals surface area contributed by atoms with Crippen LogP contribution < -0.4 is 5.32 Å². The number of alkyl halides is 1. The SMILES string of the molecule is FC1(c2ccc3cccnc3c2)CCNC1. The number of rotatable bonds is 1. The normalized spacial score (nSPS) is 25.1. The quantitative estimate of drug-likeness (QED) is 0.791. The van der Waals surface area contributed by atoms with Crippen molar-refractivity contribution in [3.05, 3.63) is 42.1 Å². The highest BCUT2D eigenvalue weighted by Gasteiger charge is 2.35. The summed E-state index contributed by atoms with van der Waals surface area (Å²) in [5.74, 6) is 0. The zero-order valence-electron chi connectivity index (χ0n) is 8.91. The highest BCUT2D eigenvalue weighted by Crippen LogP contribution is 2.33. The molecule has 0 amide bonds. The molecule has 1 aliphatic heterocycles. The molecule has 2 heterocycles. The lowest BCUT2D eigenvalue weighted by molar-refractivity contribution is 0.193. The van der Waals surface area contributed by atoms with E-state index in [1.807, 2.05) is 30.3 Å². The second-order valence-electron chi connectivity index (χ2n) is 4.30. The van der Waals surface area contributed by atoms with Crippen molar-refractivity contribution in [3.8, 4) is 0 Å². The number of aromatic nitrogens is 1. The minimum atomic E-state index is -1.22. The van der Waals surface area contributed by atoms with Crippen molar-refractivity contribution < 1.29 is 4.39 Å². The summed E-state index contributed by atoms with van der Waals surface area (Å²) >= 11 is 0. The van der Waals surface area contributed by atoms with E-state index < -0.39 is 5.67 Å². The van der Waals surface area contributed by atoms with Crippen LogP contribution in [0.25, 0.3) is 10.9 Å². The average molecular weight is 216 g/mol. The van der Waals surface area contributed by atoms with Crippen molar-refractivity contribution >= 4 is 10.9 Å². The summed E-state index contributed by atoms with van der Waals surface area (Å²) in [4.78, 5) is 4.26. The minimum absolute atomic E-state index is 0.408. The van der Waals surface area contributed by atoms with Crippen LogP contribution in [0.4, 0.5) is 4.39 Å². The molecule has 82 valence electrons. The number of nitrogens with zero attached hydrogens (tertiary/aromatic N) is 1. The van der Waals surface area contributed by atoms with Crippen LogP contribution in [-0.4, -0.2) is 18.1 Å². The van der Waals surface area contributed by atoms with Crippen molar-refractivity contribution in [2.75, 3.05) is 13.1 Å². The number of benzene rings is 1. The van der Waals surface area contributed by atoms with Crippen LogP contribution in [0.2, 0.25) is 0 Å². The standard InChI is InChI=1S/C13H13FN2/c14-13(5-7-15-9-13)11-4-3-10-2-1-6-16-12(10)8-11/h1-4,6,8,15H,5,7,9H2.